The van der Waals surface area contributed by atoms with E-state index in [1.165, 1.54) is 18.9 Å². The Balaban J connectivity index is 1.63. The van der Waals surface area contributed by atoms with E-state index in [1.54, 1.807) is 6.20 Å². The predicted molar refractivity (Wildman–Crippen MR) is 86.8 cm³/mol. The third-order valence-corrected chi connectivity index (χ3v) is 3.86. The van der Waals surface area contributed by atoms with Crippen LogP contribution in [0.15, 0.2) is 30.7 Å². The Morgan fingerprint density at radius 2 is 1.74 bits per heavy atom. The smallest absolute Gasteiger partial charge is 0.358 e. The van der Waals surface area contributed by atoms with Crippen molar-refractivity contribution in [3.05, 3.63) is 42.0 Å². The number of rotatable bonds is 3. The van der Waals surface area contributed by atoms with Crippen LogP contribution in [0.1, 0.15) is 16.1 Å². The van der Waals surface area contributed by atoms with Gasteiger partial charge in [0, 0.05) is 32.4 Å². The molecule has 0 saturated carbocycles. The number of nitrogens with zero attached hydrogens (tertiary/aromatic N) is 5. The summed E-state index contributed by atoms with van der Waals surface area (Å²) >= 11 is 0. The quantitative estimate of drug-likeness (QED) is 0.791. The summed E-state index contributed by atoms with van der Waals surface area (Å²) in [6, 6.07) is 4.10. The maximum atomic E-state index is 11.4. The Labute approximate surface area is 134 Å². The standard InChI is InChI=1S/C16H19N5O2/c1-12-3-4-17-14(9-12)20-5-7-21(8-6-20)15-11-18-13(10-19-15)16(22)23-2/h3-4,9-11H,5-8H2,1-2H3. The summed E-state index contributed by atoms with van der Waals surface area (Å²) in [6.45, 7) is 5.48. The molecule has 0 radical (unpaired) electrons. The Hall–Kier alpha value is -2.70. The molecule has 7 nitrogen and oxygen atoms in total. The maximum absolute atomic E-state index is 11.4. The molecule has 0 bridgehead atoms. The van der Waals surface area contributed by atoms with E-state index >= 15 is 0 Å². The fourth-order valence-electron chi connectivity index (χ4n) is 2.55. The van der Waals surface area contributed by atoms with Gasteiger partial charge in [-0.15, -0.1) is 0 Å². The molecule has 2 aromatic rings. The zero-order chi connectivity index (χ0) is 16.2. The van der Waals surface area contributed by atoms with E-state index in [-0.39, 0.29) is 5.69 Å². The van der Waals surface area contributed by atoms with Crippen molar-refractivity contribution in [1.82, 2.24) is 15.0 Å². The minimum atomic E-state index is -0.473. The second-order valence-electron chi connectivity index (χ2n) is 5.42. The molecule has 0 spiro atoms. The van der Waals surface area contributed by atoms with E-state index in [0.717, 1.165) is 37.8 Å². The van der Waals surface area contributed by atoms with Crippen LogP contribution in [0.5, 0.6) is 0 Å². The van der Waals surface area contributed by atoms with E-state index in [0.29, 0.717) is 0 Å². The Bertz CT molecular complexity index is 681. The van der Waals surface area contributed by atoms with Gasteiger partial charge in [-0.05, 0) is 24.6 Å². The molecule has 3 heterocycles. The number of ether oxygens (including phenoxy) is 1. The second-order valence-corrected chi connectivity index (χ2v) is 5.42. The number of hydrogen-bond acceptors (Lipinski definition) is 7. The molecule has 1 aliphatic rings. The Morgan fingerprint density at radius 3 is 2.30 bits per heavy atom. The Morgan fingerprint density at radius 1 is 1.04 bits per heavy atom. The van der Waals surface area contributed by atoms with E-state index in [1.807, 2.05) is 12.3 Å². The second kappa shape index (κ2) is 6.60. The highest BCUT2D eigenvalue weighted by Gasteiger charge is 2.20. The van der Waals surface area contributed by atoms with Crippen LogP contribution in [0.2, 0.25) is 0 Å². The summed E-state index contributed by atoms with van der Waals surface area (Å²) in [5, 5.41) is 0. The summed E-state index contributed by atoms with van der Waals surface area (Å²) in [5.41, 5.74) is 1.43. The highest BCUT2D eigenvalue weighted by Crippen LogP contribution is 2.17. The number of hydrogen-bond donors (Lipinski definition) is 0. The van der Waals surface area contributed by atoms with Crippen LogP contribution in [0, 0.1) is 6.92 Å². The molecule has 3 rings (SSSR count). The lowest BCUT2D eigenvalue weighted by molar-refractivity contribution is 0.0593. The SMILES string of the molecule is COC(=O)c1cnc(N2CCN(c3cc(C)ccn3)CC2)cn1. The molecule has 0 amide bonds. The molecule has 7 heteroatoms. The number of methoxy groups -OCH3 is 1. The van der Waals surface area contributed by atoms with Gasteiger partial charge in [0.1, 0.15) is 11.6 Å². The van der Waals surface area contributed by atoms with Crippen molar-refractivity contribution < 1.29 is 9.53 Å². The lowest BCUT2D eigenvalue weighted by Gasteiger charge is -2.36. The van der Waals surface area contributed by atoms with Crippen LogP contribution in [0.4, 0.5) is 11.6 Å². The van der Waals surface area contributed by atoms with Crippen molar-refractivity contribution in [2.24, 2.45) is 0 Å². The van der Waals surface area contributed by atoms with Crippen molar-refractivity contribution >= 4 is 17.6 Å². The summed E-state index contributed by atoms with van der Waals surface area (Å²) in [7, 11) is 1.33. The largest absolute Gasteiger partial charge is 0.464 e. The van der Waals surface area contributed by atoms with Crippen LogP contribution in [0.25, 0.3) is 0 Å². The zero-order valence-electron chi connectivity index (χ0n) is 13.3. The predicted octanol–water partition coefficient (Wildman–Crippen LogP) is 1.29. The highest BCUT2D eigenvalue weighted by molar-refractivity contribution is 5.86. The number of esters is 1. The van der Waals surface area contributed by atoms with Gasteiger partial charge in [-0.1, -0.05) is 0 Å². The summed E-state index contributed by atoms with van der Waals surface area (Å²) < 4.78 is 4.63. The molecular weight excluding hydrogens is 294 g/mol. The fraction of sp³-hybridized carbons (Fsp3) is 0.375. The number of carbonyl (C=O) groups is 1. The van der Waals surface area contributed by atoms with Gasteiger partial charge >= 0.3 is 5.97 Å². The first-order chi connectivity index (χ1) is 11.2. The molecule has 2 aromatic heterocycles. The Kier molecular flexibility index (Phi) is 4.36. The summed E-state index contributed by atoms with van der Waals surface area (Å²) in [6.07, 6.45) is 4.91. The van der Waals surface area contributed by atoms with Crippen molar-refractivity contribution in [2.45, 2.75) is 6.92 Å². The third-order valence-electron chi connectivity index (χ3n) is 3.86. The van der Waals surface area contributed by atoms with Crippen LogP contribution in [-0.2, 0) is 4.74 Å². The third kappa shape index (κ3) is 3.39. The van der Waals surface area contributed by atoms with E-state index in [2.05, 4.69) is 42.5 Å². The summed E-state index contributed by atoms with van der Waals surface area (Å²) in [5.74, 6) is 1.31. The van der Waals surface area contributed by atoms with Crippen molar-refractivity contribution in [3.63, 3.8) is 0 Å². The molecule has 0 atom stereocenters. The maximum Gasteiger partial charge on any atom is 0.358 e. The molecule has 120 valence electrons. The lowest BCUT2D eigenvalue weighted by Crippen LogP contribution is -2.47. The normalized spacial score (nSPS) is 14.7. The number of aromatic nitrogens is 3. The minimum absolute atomic E-state index is 0.221. The first-order valence-electron chi connectivity index (χ1n) is 7.50. The molecule has 0 aliphatic carbocycles. The van der Waals surface area contributed by atoms with Crippen LogP contribution in [-0.4, -0.2) is 54.2 Å². The number of carbonyl (C=O) groups excluding carboxylic acids is 1. The van der Waals surface area contributed by atoms with E-state index < -0.39 is 5.97 Å². The molecule has 1 aliphatic heterocycles. The van der Waals surface area contributed by atoms with Crippen LogP contribution in [0.3, 0.4) is 0 Å². The molecule has 0 unspecified atom stereocenters. The van der Waals surface area contributed by atoms with Gasteiger partial charge in [-0.3, -0.25) is 0 Å². The van der Waals surface area contributed by atoms with Gasteiger partial charge in [-0.25, -0.2) is 19.7 Å². The van der Waals surface area contributed by atoms with Gasteiger partial charge in [-0.2, -0.15) is 0 Å². The number of anilines is 2. The number of aryl methyl sites for hydroxylation is 1. The molecule has 1 saturated heterocycles. The lowest BCUT2D eigenvalue weighted by atomic mass is 10.2. The van der Waals surface area contributed by atoms with Crippen LogP contribution >= 0.6 is 0 Å². The average molecular weight is 313 g/mol. The minimum Gasteiger partial charge on any atom is -0.464 e. The monoisotopic (exact) mass is 313 g/mol. The van der Waals surface area contributed by atoms with Gasteiger partial charge in [0.15, 0.2) is 5.69 Å². The molecule has 0 aromatic carbocycles. The first-order valence-corrected chi connectivity index (χ1v) is 7.50. The molecule has 0 N–H and O–H groups in total. The topological polar surface area (TPSA) is 71.5 Å². The average Bonchev–Trinajstić information content (AvgIpc) is 2.61. The first kappa shape index (κ1) is 15.2. The molecular formula is C16H19N5O2. The van der Waals surface area contributed by atoms with Crippen LogP contribution < -0.4 is 9.80 Å². The zero-order valence-corrected chi connectivity index (χ0v) is 13.3. The van der Waals surface area contributed by atoms with Crippen molar-refractivity contribution in [2.75, 3.05) is 43.1 Å². The van der Waals surface area contributed by atoms with E-state index in [9.17, 15) is 4.79 Å². The van der Waals surface area contributed by atoms with Crippen molar-refractivity contribution in [1.29, 1.82) is 0 Å². The van der Waals surface area contributed by atoms with E-state index in [4.69, 9.17) is 0 Å². The molecule has 23 heavy (non-hydrogen) atoms. The van der Waals surface area contributed by atoms with Gasteiger partial charge < -0.3 is 14.5 Å². The fourth-order valence-corrected chi connectivity index (χ4v) is 2.55. The highest BCUT2D eigenvalue weighted by atomic mass is 16.5. The number of piperazine rings is 1. The number of pyridine rings is 1. The summed E-state index contributed by atoms with van der Waals surface area (Å²) in [4.78, 5) is 28.6. The van der Waals surface area contributed by atoms with Gasteiger partial charge in [0.05, 0.1) is 19.5 Å². The van der Waals surface area contributed by atoms with Crippen molar-refractivity contribution in [3.8, 4) is 0 Å². The van der Waals surface area contributed by atoms with Gasteiger partial charge in [0.2, 0.25) is 0 Å². The van der Waals surface area contributed by atoms with Gasteiger partial charge in [0.25, 0.3) is 0 Å². The molecule has 1 fully saturated rings.